The molecular weight excluding hydrogens is 1060 g/mol. The van der Waals surface area contributed by atoms with E-state index in [4.69, 9.17) is 16.3 Å². The van der Waals surface area contributed by atoms with E-state index in [-0.39, 0.29) is 23.4 Å². The maximum Gasteiger partial charge on any atom is 0.501 e. The zero-order chi connectivity index (χ0) is 53.8. The van der Waals surface area contributed by atoms with Gasteiger partial charge in [0.15, 0.2) is 0 Å². The Balaban J connectivity index is 0.894. The minimum absolute atomic E-state index is 0.0434. The average Bonchev–Trinajstić information content (AvgIpc) is 3.70. The molecule has 3 fully saturated rings. The number of nitrogens with zero attached hydrogens (tertiary/aromatic N) is 5. The molecule has 0 spiro atoms. The number of aromatic nitrogens is 1. The number of rotatable bonds is 17. The Morgan fingerprint density at radius 2 is 1.45 bits per heavy atom. The van der Waals surface area contributed by atoms with Crippen LogP contribution in [0.25, 0.3) is 22.4 Å². The number of piperazine rings is 1. The molecule has 14 nitrogen and oxygen atoms in total. The van der Waals surface area contributed by atoms with E-state index >= 15 is 0 Å². The van der Waals surface area contributed by atoms with E-state index in [1.807, 2.05) is 85.6 Å². The summed E-state index contributed by atoms with van der Waals surface area (Å²) in [7, 11) is -8.64. The monoisotopic (exact) mass is 1120 g/mol. The number of sulfone groups is 1. The van der Waals surface area contributed by atoms with Crippen LogP contribution in [-0.4, -0.2) is 138 Å². The maximum atomic E-state index is 14.3. The predicted molar refractivity (Wildman–Crippen MR) is 295 cm³/mol. The van der Waals surface area contributed by atoms with Gasteiger partial charge in [0.05, 0.1) is 41.2 Å². The summed E-state index contributed by atoms with van der Waals surface area (Å²) in [5.41, 5.74) is 0.939. The summed E-state index contributed by atoms with van der Waals surface area (Å²) in [6.07, 6.45) is 1.25. The lowest BCUT2D eigenvalue weighted by Gasteiger charge is -2.37. The van der Waals surface area contributed by atoms with Gasteiger partial charge in [-0.25, -0.2) is 16.8 Å². The molecule has 0 unspecified atom stereocenters. The molecule has 0 bridgehead atoms. The first-order valence-electron chi connectivity index (χ1n) is 25.2. The quantitative estimate of drug-likeness (QED) is 0.0745. The number of amides is 1. The number of alkyl halides is 3. The number of piperidine rings is 1. The number of aliphatic hydroxyl groups excluding tert-OH is 1. The molecule has 3 aliphatic rings. The largest absolute Gasteiger partial charge is 0.501 e. The fourth-order valence-corrected chi connectivity index (χ4v) is 13.2. The Kier molecular flexibility index (Phi) is 17.0. The lowest BCUT2D eigenvalue weighted by Crippen LogP contribution is -2.46. The number of sulfonamides is 1. The summed E-state index contributed by atoms with van der Waals surface area (Å²) >= 11 is 7.77. The van der Waals surface area contributed by atoms with Crippen LogP contribution in [0.5, 0.6) is 0 Å². The highest BCUT2D eigenvalue weighted by atomic mass is 35.5. The molecule has 1 aromatic heterocycles. The molecule has 4 heterocycles. The van der Waals surface area contributed by atoms with Crippen LogP contribution in [0.15, 0.2) is 136 Å². The average molecular weight is 1120 g/mol. The lowest BCUT2D eigenvalue weighted by atomic mass is 9.95. The van der Waals surface area contributed by atoms with Crippen molar-refractivity contribution in [2.75, 3.05) is 97.7 Å². The van der Waals surface area contributed by atoms with E-state index < -0.39 is 41.2 Å². The summed E-state index contributed by atoms with van der Waals surface area (Å²) in [5, 5.41) is 13.6. The number of carbonyl (C=O) groups excluding carboxylic acids is 1. The number of aliphatic hydroxyl groups is 1. The SMILES string of the molecule is Cc1c(C(=O)N2CCOCC2)c(-c2cccc(N3CCN(c4ccc(NS(=O)(=O)c5ccc(N[C@H](CCN6CCC(O)CC6)CSc6ccccc6)c(S(=O)(=O)C(F)(F)F)c5)cc4)CC3)c2)c(-c2ccc(Cl)cc2)n1C. The fourth-order valence-electron chi connectivity index (χ4n) is 10.00. The molecule has 1 amide bonds. The summed E-state index contributed by atoms with van der Waals surface area (Å²) in [5.74, 6) is 0.328. The van der Waals surface area contributed by atoms with Gasteiger partial charge in [0.2, 0.25) is 0 Å². The van der Waals surface area contributed by atoms with E-state index in [9.17, 15) is 39.9 Å². The lowest BCUT2D eigenvalue weighted by molar-refractivity contribution is -0.0435. The third-order valence-corrected chi connectivity index (χ3v) is 18.7. The van der Waals surface area contributed by atoms with Crippen molar-refractivity contribution in [3.05, 3.63) is 138 Å². The van der Waals surface area contributed by atoms with Gasteiger partial charge in [-0.15, -0.1) is 11.8 Å². The zero-order valence-electron chi connectivity index (χ0n) is 42.2. The van der Waals surface area contributed by atoms with E-state index in [0.717, 1.165) is 56.5 Å². The van der Waals surface area contributed by atoms with Crippen molar-refractivity contribution in [1.29, 1.82) is 0 Å². The Morgan fingerprint density at radius 1 is 0.789 bits per heavy atom. The third-order valence-electron chi connectivity index (χ3n) is 14.3. The summed E-state index contributed by atoms with van der Waals surface area (Å²) in [6.45, 7) is 8.35. The minimum Gasteiger partial charge on any atom is -0.393 e. The summed E-state index contributed by atoms with van der Waals surface area (Å²) < 4.78 is 107. The molecule has 0 aliphatic carbocycles. The number of hydrogen-bond donors (Lipinski definition) is 3. The molecule has 3 N–H and O–H groups in total. The highest BCUT2D eigenvalue weighted by Gasteiger charge is 2.48. The van der Waals surface area contributed by atoms with Gasteiger partial charge in [-0.1, -0.05) is 54.1 Å². The number of halogens is 4. The molecule has 5 aromatic carbocycles. The van der Waals surface area contributed by atoms with Crippen molar-refractivity contribution in [3.8, 4) is 22.4 Å². The van der Waals surface area contributed by atoms with Gasteiger partial charge >= 0.3 is 5.51 Å². The van der Waals surface area contributed by atoms with Crippen LogP contribution in [0, 0.1) is 6.92 Å². The highest BCUT2D eigenvalue weighted by molar-refractivity contribution is 7.99. The highest BCUT2D eigenvalue weighted by Crippen LogP contribution is 2.42. The number of anilines is 4. The molecule has 3 saturated heterocycles. The Labute approximate surface area is 451 Å². The number of thioether (sulfide) groups is 1. The van der Waals surface area contributed by atoms with Crippen LogP contribution in [-0.2, 0) is 31.6 Å². The third kappa shape index (κ3) is 12.5. The Morgan fingerprint density at radius 3 is 2.11 bits per heavy atom. The van der Waals surface area contributed by atoms with Crippen LogP contribution in [0.3, 0.4) is 0 Å². The van der Waals surface area contributed by atoms with E-state index in [2.05, 4.69) is 41.4 Å². The van der Waals surface area contributed by atoms with E-state index in [0.29, 0.717) is 114 Å². The molecule has 0 radical (unpaired) electrons. The van der Waals surface area contributed by atoms with Crippen LogP contribution in [0.2, 0.25) is 5.02 Å². The zero-order valence-corrected chi connectivity index (χ0v) is 45.4. The number of hydrogen-bond acceptors (Lipinski definition) is 12. The molecule has 21 heteroatoms. The number of carbonyl (C=O) groups is 1. The molecule has 3 aliphatic heterocycles. The van der Waals surface area contributed by atoms with Gasteiger partial charge in [-0.2, -0.15) is 13.2 Å². The fraction of sp³-hybridized carbons (Fsp3) is 0.364. The normalized spacial score (nSPS) is 16.7. The second-order valence-corrected chi connectivity index (χ2v) is 24.4. The molecule has 9 rings (SSSR count). The second-order valence-electron chi connectivity index (χ2n) is 19.3. The standard InChI is InChI=1S/C55H61ClF3N7O7S3/c1-38-51(54(68)66-31-33-73-34-32-66)52(53(62(38)2)39-11-13-41(56)14-12-39)40-7-6-8-45(35-40)65-29-27-64(28-30-65)44-17-15-42(16-18-44)61-76(71,72)48-19-20-49(50(36-48)75(69,70)55(57,58)59)60-43(37-74-47-9-4-3-5-10-47)21-24-63-25-22-46(67)23-26-63/h3-20,35-36,43,46,60-61,67H,21-34,37H2,1-2H3/t43-/m1/s1. The first-order valence-corrected chi connectivity index (χ1v) is 29.5. The molecular formula is C55H61ClF3N7O7S3. The van der Waals surface area contributed by atoms with Gasteiger partial charge in [0, 0.05) is 116 Å². The van der Waals surface area contributed by atoms with E-state index in [1.165, 1.54) is 11.8 Å². The maximum absolute atomic E-state index is 14.3. The van der Waals surface area contributed by atoms with Crippen molar-refractivity contribution in [3.63, 3.8) is 0 Å². The van der Waals surface area contributed by atoms with Gasteiger partial charge < -0.3 is 39.3 Å². The van der Waals surface area contributed by atoms with Crippen LogP contribution >= 0.6 is 23.4 Å². The number of benzene rings is 5. The molecule has 76 heavy (non-hydrogen) atoms. The van der Waals surface area contributed by atoms with E-state index in [1.54, 1.807) is 24.3 Å². The predicted octanol–water partition coefficient (Wildman–Crippen LogP) is 9.63. The molecule has 0 saturated carbocycles. The van der Waals surface area contributed by atoms with Crippen LogP contribution in [0.1, 0.15) is 35.3 Å². The molecule has 404 valence electrons. The van der Waals surface area contributed by atoms with Gasteiger partial charge in [-0.05, 0) is 116 Å². The topological polar surface area (TPSA) is 157 Å². The minimum atomic E-state index is -6.03. The van der Waals surface area contributed by atoms with Crippen LogP contribution in [0.4, 0.5) is 35.9 Å². The van der Waals surface area contributed by atoms with Crippen molar-refractivity contribution in [1.82, 2.24) is 14.4 Å². The summed E-state index contributed by atoms with van der Waals surface area (Å²) in [4.78, 5) is 21.8. The van der Waals surface area contributed by atoms with Crippen molar-refractivity contribution >= 4 is 71.9 Å². The Hall–Kier alpha value is -5.74. The number of likely N-dealkylation sites (tertiary alicyclic amines) is 1. The molecule has 1 atom stereocenters. The summed E-state index contributed by atoms with van der Waals surface area (Å²) in [6, 6.07) is 34.1. The number of morpholine rings is 1. The van der Waals surface area contributed by atoms with Crippen molar-refractivity contribution < 1.29 is 44.6 Å². The number of nitrogens with one attached hydrogen (secondary N) is 2. The second kappa shape index (κ2) is 23.5. The number of ether oxygens (including phenoxy) is 1. The first-order chi connectivity index (χ1) is 36.4. The van der Waals surface area contributed by atoms with Crippen molar-refractivity contribution in [2.24, 2.45) is 7.05 Å². The van der Waals surface area contributed by atoms with Gasteiger partial charge in [0.1, 0.15) is 4.90 Å². The van der Waals surface area contributed by atoms with Gasteiger partial charge in [-0.3, -0.25) is 9.52 Å². The Bertz CT molecular complexity index is 3220. The van der Waals surface area contributed by atoms with Gasteiger partial charge in [0.25, 0.3) is 25.8 Å². The first kappa shape index (κ1) is 55.0. The smallest absolute Gasteiger partial charge is 0.393 e. The van der Waals surface area contributed by atoms with Crippen LogP contribution < -0.4 is 19.8 Å². The van der Waals surface area contributed by atoms with Crippen molar-refractivity contribution in [2.45, 2.75) is 58.5 Å². The molecule has 6 aromatic rings.